The number of amides is 1. The third-order valence-corrected chi connectivity index (χ3v) is 4.32. The molecule has 3 rings (SSSR count). The van der Waals surface area contributed by atoms with Gasteiger partial charge in [-0.05, 0) is 25.5 Å². The Morgan fingerprint density at radius 2 is 1.71 bits per heavy atom. The van der Waals surface area contributed by atoms with Crippen molar-refractivity contribution in [3.63, 3.8) is 0 Å². The highest BCUT2D eigenvalue weighted by molar-refractivity contribution is 6.02. The van der Waals surface area contributed by atoms with E-state index in [4.69, 9.17) is 4.74 Å². The Bertz CT molecular complexity index is 1060. The number of benzene rings is 2. The molecule has 0 aliphatic rings. The summed E-state index contributed by atoms with van der Waals surface area (Å²) in [6.07, 6.45) is -1.00. The first kappa shape index (κ1) is 19.3. The second-order valence-corrected chi connectivity index (χ2v) is 6.27. The highest BCUT2D eigenvalue weighted by atomic mass is 16.5. The average molecular weight is 379 g/mol. The van der Waals surface area contributed by atoms with Crippen molar-refractivity contribution in [3.05, 3.63) is 76.2 Å². The zero-order chi connectivity index (χ0) is 20.1. The molecule has 2 aromatic carbocycles. The summed E-state index contributed by atoms with van der Waals surface area (Å²) >= 11 is 0. The van der Waals surface area contributed by atoms with Crippen molar-refractivity contribution >= 4 is 22.6 Å². The maximum absolute atomic E-state index is 12.6. The minimum absolute atomic E-state index is 0.0137. The van der Waals surface area contributed by atoms with Gasteiger partial charge in [-0.2, -0.15) is 5.10 Å². The Balaban J connectivity index is 1.76. The summed E-state index contributed by atoms with van der Waals surface area (Å²) < 4.78 is 6.51. The Hall–Kier alpha value is -3.48. The third kappa shape index (κ3) is 4.09. The van der Waals surface area contributed by atoms with Gasteiger partial charge >= 0.3 is 5.97 Å². The summed E-state index contributed by atoms with van der Waals surface area (Å²) in [6.45, 7) is 3.91. The second-order valence-electron chi connectivity index (χ2n) is 6.27. The molecule has 28 heavy (non-hydrogen) atoms. The van der Waals surface area contributed by atoms with Crippen LogP contribution in [0.1, 0.15) is 29.9 Å². The number of aryl methyl sites for hydroxylation is 1. The molecule has 1 heterocycles. The van der Waals surface area contributed by atoms with Gasteiger partial charge in [-0.25, -0.2) is 9.48 Å². The number of ether oxygens (including phenoxy) is 1. The van der Waals surface area contributed by atoms with Crippen molar-refractivity contribution in [2.45, 2.75) is 33.0 Å². The molecule has 7 nitrogen and oxygen atoms in total. The molecule has 1 amide bonds. The largest absolute Gasteiger partial charge is 0.448 e. The van der Waals surface area contributed by atoms with Gasteiger partial charge in [-0.15, -0.1) is 0 Å². The lowest BCUT2D eigenvalue weighted by Gasteiger charge is -2.14. The maximum atomic E-state index is 12.6. The number of nitrogens with zero attached hydrogens (tertiary/aromatic N) is 2. The number of esters is 1. The molecule has 0 saturated heterocycles. The zero-order valence-corrected chi connectivity index (χ0v) is 15.7. The molecule has 0 spiro atoms. The third-order valence-electron chi connectivity index (χ3n) is 4.32. The zero-order valence-electron chi connectivity index (χ0n) is 15.7. The van der Waals surface area contributed by atoms with E-state index in [9.17, 15) is 14.4 Å². The normalized spacial score (nSPS) is 11.8. The summed E-state index contributed by atoms with van der Waals surface area (Å²) in [5.74, 6) is -1.16. The predicted molar refractivity (Wildman–Crippen MR) is 105 cm³/mol. The summed E-state index contributed by atoms with van der Waals surface area (Å²) in [5.41, 5.74) is 0.681. The topological polar surface area (TPSA) is 90.3 Å². The number of fused-ring (bicyclic) bond motifs is 1. The fraction of sp³-hybridized carbons (Fsp3) is 0.238. The summed E-state index contributed by atoms with van der Waals surface area (Å²) in [4.78, 5) is 37.3. The summed E-state index contributed by atoms with van der Waals surface area (Å²) in [7, 11) is 0. The lowest BCUT2D eigenvalue weighted by atomic mass is 10.1. The molecule has 0 bridgehead atoms. The van der Waals surface area contributed by atoms with Gasteiger partial charge < -0.3 is 10.1 Å². The molecule has 0 aliphatic carbocycles. The first-order valence-corrected chi connectivity index (χ1v) is 9.03. The fourth-order valence-corrected chi connectivity index (χ4v) is 2.80. The lowest BCUT2D eigenvalue weighted by Crippen LogP contribution is -2.36. The minimum Gasteiger partial charge on any atom is -0.448 e. The second kappa shape index (κ2) is 8.47. The molecule has 1 aromatic heterocycles. The molecular weight excluding hydrogens is 358 g/mol. The van der Waals surface area contributed by atoms with Crippen LogP contribution in [0.3, 0.4) is 0 Å². The van der Waals surface area contributed by atoms with E-state index in [0.29, 0.717) is 23.9 Å². The van der Waals surface area contributed by atoms with Gasteiger partial charge in [0.15, 0.2) is 11.8 Å². The van der Waals surface area contributed by atoms with Gasteiger partial charge in [0.05, 0.1) is 5.39 Å². The molecule has 0 radical (unpaired) electrons. The van der Waals surface area contributed by atoms with E-state index < -0.39 is 18.0 Å². The standard InChI is InChI=1S/C21H21N3O4/c1-3-24-20(26)17-12-8-7-11-16(17)18(23-24)21(27)28-14(2)19(25)22-13-15-9-5-4-6-10-15/h4-12,14H,3,13H2,1-2H3,(H,22,25)/t14-/m0/s1. The quantitative estimate of drug-likeness (QED) is 0.664. The van der Waals surface area contributed by atoms with Crippen LogP contribution in [-0.2, 0) is 22.6 Å². The molecule has 0 saturated carbocycles. The van der Waals surface area contributed by atoms with Crippen LogP contribution >= 0.6 is 0 Å². The van der Waals surface area contributed by atoms with Crippen LogP contribution in [0, 0.1) is 0 Å². The van der Waals surface area contributed by atoms with Crippen LogP contribution in [0.15, 0.2) is 59.4 Å². The van der Waals surface area contributed by atoms with Gasteiger partial charge in [0.25, 0.3) is 11.5 Å². The van der Waals surface area contributed by atoms with E-state index in [0.717, 1.165) is 5.56 Å². The first-order valence-electron chi connectivity index (χ1n) is 9.03. The number of hydrogen-bond acceptors (Lipinski definition) is 5. The Labute approximate surface area is 161 Å². The molecule has 0 unspecified atom stereocenters. The van der Waals surface area contributed by atoms with Crippen molar-refractivity contribution in [2.75, 3.05) is 0 Å². The van der Waals surface area contributed by atoms with Gasteiger partial charge in [0.1, 0.15) is 0 Å². The van der Waals surface area contributed by atoms with Crippen molar-refractivity contribution in [1.29, 1.82) is 0 Å². The van der Waals surface area contributed by atoms with Crippen molar-refractivity contribution in [2.24, 2.45) is 0 Å². The number of aromatic nitrogens is 2. The SMILES string of the molecule is CCn1nc(C(=O)O[C@@H](C)C(=O)NCc2ccccc2)c2ccccc2c1=O. The van der Waals surface area contributed by atoms with Gasteiger partial charge in [-0.3, -0.25) is 9.59 Å². The van der Waals surface area contributed by atoms with Crippen molar-refractivity contribution < 1.29 is 14.3 Å². The van der Waals surface area contributed by atoms with Crippen LogP contribution in [0.4, 0.5) is 0 Å². The number of carbonyl (C=O) groups is 2. The average Bonchev–Trinajstić information content (AvgIpc) is 2.73. The molecule has 1 N–H and O–H groups in total. The smallest absolute Gasteiger partial charge is 0.360 e. The van der Waals surface area contributed by atoms with E-state index in [-0.39, 0.29) is 11.3 Å². The Morgan fingerprint density at radius 3 is 2.39 bits per heavy atom. The van der Waals surface area contributed by atoms with Crippen LogP contribution in [0.25, 0.3) is 10.8 Å². The maximum Gasteiger partial charge on any atom is 0.360 e. The van der Waals surface area contributed by atoms with Crippen LogP contribution in [0.5, 0.6) is 0 Å². The van der Waals surface area contributed by atoms with Crippen molar-refractivity contribution in [1.82, 2.24) is 15.1 Å². The van der Waals surface area contributed by atoms with Gasteiger partial charge in [-0.1, -0.05) is 48.5 Å². The van der Waals surface area contributed by atoms with Gasteiger partial charge in [0.2, 0.25) is 0 Å². The number of rotatable bonds is 6. The number of hydrogen-bond donors (Lipinski definition) is 1. The molecule has 0 aliphatic heterocycles. The number of nitrogens with one attached hydrogen (secondary N) is 1. The molecule has 0 fully saturated rings. The highest BCUT2D eigenvalue weighted by Crippen LogP contribution is 2.15. The Kier molecular flexibility index (Phi) is 5.84. The molecule has 7 heteroatoms. The van der Waals surface area contributed by atoms with E-state index in [2.05, 4.69) is 10.4 Å². The molecular formula is C21H21N3O4. The van der Waals surface area contributed by atoms with E-state index in [1.165, 1.54) is 11.6 Å². The van der Waals surface area contributed by atoms with E-state index in [1.807, 2.05) is 30.3 Å². The van der Waals surface area contributed by atoms with Crippen LogP contribution in [-0.4, -0.2) is 27.8 Å². The van der Waals surface area contributed by atoms with Crippen LogP contribution < -0.4 is 10.9 Å². The van der Waals surface area contributed by atoms with Gasteiger partial charge in [0, 0.05) is 18.5 Å². The summed E-state index contributed by atoms with van der Waals surface area (Å²) in [5, 5.41) is 7.64. The summed E-state index contributed by atoms with van der Waals surface area (Å²) in [6, 6.07) is 16.1. The van der Waals surface area contributed by atoms with Crippen molar-refractivity contribution in [3.8, 4) is 0 Å². The molecule has 3 aromatic rings. The van der Waals surface area contributed by atoms with Crippen LogP contribution in [0.2, 0.25) is 0 Å². The monoisotopic (exact) mass is 379 g/mol. The molecule has 1 atom stereocenters. The predicted octanol–water partition coefficient (Wildman–Crippen LogP) is 2.28. The molecule has 144 valence electrons. The lowest BCUT2D eigenvalue weighted by molar-refractivity contribution is -0.129. The minimum atomic E-state index is -1.00. The van der Waals surface area contributed by atoms with E-state index >= 15 is 0 Å². The fourth-order valence-electron chi connectivity index (χ4n) is 2.80. The Morgan fingerprint density at radius 1 is 1.07 bits per heavy atom. The highest BCUT2D eigenvalue weighted by Gasteiger charge is 2.23. The number of carbonyl (C=O) groups excluding carboxylic acids is 2. The first-order chi connectivity index (χ1) is 13.5. The van der Waals surface area contributed by atoms with E-state index in [1.54, 1.807) is 31.2 Å².